The molecular formula is C23H24N2O5. The van der Waals surface area contributed by atoms with E-state index in [2.05, 4.69) is 17.6 Å². The van der Waals surface area contributed by atoms with Crippen molar-refractivity contribution in [3.8, 4) is 0 Å². The van der Waals surface area contributed by atoms with Gasteiger partial charge in [-0.05, 0) is 43.2 Å². The van der Waals surface area contributed by atoms with Crippen LogP contribution in [0.25, 0.3) is 11.0 Å². The molecule has 0 radical (unpaired) electrons. The minimum absolute atomic E-state index is 0.000234. The number of nitrogens with one attached hydrogen (secondary N) is 2. The Morgan fingerprint density at radius 3 is 2.37 bits per heavy atom. The molecule has 3 rings (SSSR count). The number of esters is 1. The summed E-state index contributed by atoms with van der Waals surface area (Å²) in [5.74, 6) is -1.33. The molecule has 3 aromatic rings. The Kier molecular flexibility index (Phi) is 6.85. The van der Waals surface area contributed by atoms with Crippen LogP contribution in [0.15, 0.2) is 52.9 Å². The van der Waals surface area contributed by atoms with Crippen LogP contribution in [0, 0.1) is 0 Å². The first-order valence-electron chi connectivity index (χ1n) is 9.89. The van der Waals surface area contributed by atoms with Gasteiger partial charge in [0.2, 0.25) is 11.7 Å². The molecule has 0 bridgehead atoms. The molecule has 2 N–H and O–H groups in total. The van der Waals surface area contributed by atoms with Gasteiger partial charge in [-0.15, -0.1) is 0 Å². The van der Waals surface area contributed by atoms with E-state index in [0.717, 1.165) is 12.0 Å². The van der Waals surface area contributed by atoms with Crippen molar-refractivity contribution in [3.63, 3.8) is 0 Å². The number of aryl methyl sites for hydroxylation is 1. The first-order chi connectivity index (χ1) is 14.5. The van der Waals surface area contributed by atoms with E-state index in [1.54, 1.807) is 31.2 Å². The molecule has 1 aromatic heterocycles. The zero-order chi connectivity index (χ0) is 21.5. The van der Waals surface area contributed by atoms with Gasteiger partial charge in [0.05, 0.1) is 13.0 Å². The summed E-state index contributed by atoms with van der Waals surface area (Å²) in [6.07, 6.45) is 0.804. The quantitative estimate of drug-likeness (QED) is 0.534. The maximum absolute atomic E-state index is 12.9. The topological polar surface area (TPSA) is 97.6 Å². The molecule has 2 aromatic carbocycles. The van der Waals surface area contributed by atoms with E-state index in [-0.39, 0.29) is 30.9 Å². The first-order valence-corrected chi connectivity index (χ1v) is 9.89. The molecular weight excluding hydrogens is 384 g/mol. The number of carbonyl (C=O) groups is 3. The number of carbonyl (C=O) groups excluding carboxylic acids is 3. The van der Waals surface area contributed by atoms with Gasteiger partial charge in [-0.1, -0.05) is 31.2 Å². The van der Waals surface area contributed by atoms with Gasteiger partial charge in [0.15, 0.2) is 0 Å². The van der Waals surface area contributed by atoms with Gasteiger partial charge >= 0.3 is 5.97 Å². The number of furan rings is 1. The van der Waals surface area contributed by atoms with Gasteiger partial charge in [-0.2, -0.15) is 0 Å². The van der Waals surface area contributed by atoms with E-state index in [1.165, 1.54) is 0 Å². The van der Waals surface area contributed by atoms with Crippen LogP contribution in [-0.2, 0) is 20.7 Å². The molecule has 7 nitrogen and oxygen atoms in total. The zero-order valence-corrected chi connectivity index (χ0v) is 17.0. The van der Waals surface area contributed by atoms with Crippen molar-refractivity contribution in [2.24, 2.45) is 0 Å². The van der Waals surface area contributed by atoms with Crippen molar-refractivity contribution in [2.45, 2.75) is 33.1 Å². The summed E-state index contributed by atoms with van der Waals surface area (Å²) in [4.78, 5) is 36.7. The number of hydrogen-bond acceptors (Lipinski definition) is 5. The molecule has 0 saturated carbocycles. The third-order valence-corrected chi connectivity index (χ3v) is 4.55. The van der Waals surface area contributed by atoms with Crippen LogP contribution in [0.1, 0.15) is 42.8 Å². The third-order valence-electron chi connectivity index (χ3n) is 4.55. The van der Waals surface area contributed by atoms with Crippen LogP contribution in [-0.4, -0.2) is 24.4 Å². The highest BCUT2D eigenvalue weighted by Gasteiger charge is 2.22. The van der Waals surface area contributed by atoms with E-state index in [9.17, 15) is 14.4 Å². The molecule has 30 heavy (non-hydrogen) atoms. The van der Waals surface area contributed by atoms with Crippen LogP contribution in [0.3, 0.4) is 0 Å². The summed E-state index contributed by atoms with van der Waals surface area (Å²) < 4.78 is 10.6. The van der Waals surface area contributed by atoms with Crippen LogP contribution in [0.5, 0.6) is 0 Å². The fourth-order valence-corrected chi connectivity index (χ4v) is 2.99. The largest absolute Gasteiger partial charge is 0.466 e. The predicted molar refractivity (Wildman–Crippen MR) is 114 cm³/mol. The highest BCUT2D eigenvalue weighted by molar-refractivity contribution is 6.14. The average molecular weight is 408 g/mol. The molecule has 1 heterocycles. The molecule has 0 unspecified atom stereocenters. The second-order valence-electron chi connectivity index (χ2n) is 6.66. The van der Waals surface area contributed by atoms with Gasteiger partial charge in [-0.25, -0.2) is 0 Å². The van der Waals surface area contributed by atoms with E-state index < -0.39 is 17.8 Å². The Morgan fingerprint density at radius 1 is 0.933 bits per heavy atom. The molecule has 156 valence electrons. The number of amides is 2. The predicted octanol–water partition coefficient (Wildman–Crippen LogP) is 4.53. The normalized spacial score (nSPS) is 10.6. The number of rotatable bonds is 8. The lowest BCUT2D eigenvalue weighted by molar-refractivity contribution is -0.144. The SMILES string of the molecule is CCOC(=O)CCC(=O)Nc1c(C(=O)Nc2ccc(CC)cc2)oc2ccccc12. The lowest BCUT2D eigenvalue weighted by atomic mass is 10.1. The van der Waals surface area contributed by atoms with Crippen molar-refractivity contribution in [3.05, 3.63) is 59.9 Å². The maximum atomic E-state index is 12.9. The number of anilines is 2. The van der Waals surface area contributed by atoms with Crippen molar-refractivity contribution < 1.29 is 23.5 Å². The Morgan fingerprint density at radius 2 is 1.67 bits per heavy atom. The second kappa shape index (κ2) is 9.73. The van der Waals surface area contributed by atoms with Crippen molar-refractivity contribution in [2.75, 3.05) is 17.2 Å². The van der Waals surface area contributed by atoms with Gasteiger partial charge < -0.3 is 19.8 Å². The monoisotopic (exact) mass is 408 g/mol. The second-order valence-corrected chi connectivity index (χ2v) is 6.66. The lowest BCUT2D eigenvalue weighted by Crippen LogP contribution is -2.18. The Balaban J connectivity index is 1.80. The van der Waals surface area contributed by atoms with Crippen molar-refractivity contribution in [1.29, 1.82) is 0 Å². The standard InChI is InChI=1S/C23H24N2O5/c1-3-15-9-11-16(12-10-15)24-23(28)22-21(17-7-5-6-8-18(17)30-22)25-19(26)13-14-20(27)29-4-2/h5-12H,3-4,13-14H2,1-2H3,(H,24,28)(H,25,26). The van der Waals surface area contributed by atoms with Crippen LogP contribution in [0.2, 0.25) is 0 Å². The number of para-hydroxylation sites is 1. The van der Waals surface area contributed by atoms with E-state index >= 15 is 0 Å². The molecule has 0 spiro atoms. The van der Waals surface area contributed by atoms with Gasteiger partial charge in [-0.3, -0.25) is 14.4 Å². The van der Waals surface area contributed by atoms with E-state index in [0.29, 0.717) is 16.7 Å². The summed E-state index contributed by atoms with van der Waals surface area (Å²) in [5.41, 5.74) is 2.54. The van der Waals surface area contributed by atoms with Gasteiger partial charge in [0.25, 0.3) is 5.91 Å². The minimum atomic E-state index is -0.476. The summed E-state index contributed by atoms with van der Waals surface area (Å²) in [6.45, 7) is 4.02. The number of hydrogen-bond donors (Lipinski definition) is 2. The Labute approximate surface area is 174 Å². The minimum Gasteiger partial charge on any atom is -0.466 e. The summed E-state index contributed by atoms with van der Waals surface area (Å²) in [7, 11) is 0. The average Bonchev–Trinajstić information content (AvgIpc) is 3.11. The number of benzene rings is 2. The molecule has 0 atom stereocenters. The fourth-order valence-electron chi connectivity index (χ4n) is 2.99. The maximum Gasteiger partial charge on any atom is 0.306 e. The lowest BCUT2D eigenvalue weighted by Gasteiger charge is -2.08. The molecule has 0 fully saturated rings. The Bertz CT molecular complexity index is 1050. The zero-order valence-electron chi connectivity index (χ0n) is 17.0. The molecule has 0 aliphatic carbocycles. The third kappa shape index (κ3) is 5.05. The first kappa shape index (κ1) is 21.1. The van der Waals surface area contributed by atoms with Crippen LogP contribution < -0.4 is 10.6 Å². The smallest absolute Gasteiger partial charge is 0.306 e. The van der Waals surface area contributed by atoms with Gasteiger partial charge in [0, 0.05) is 17.5 Å². The van der Waals surface area contributed by atoms with Crippen molar-refractivity contribution in [1.82, 2.24) is 0 Å². The molecule has 0 aliphatic heterocycles. The van der Waals surface area contributed by atoms with Crippen LogP contribution in [0.4, 0.5) is 11.4 Å². The summed E-state index contributed by atoms with van der Waals surface area (Å²) in [6, 6.07) is 14.6. The highest BCUT2D eigenvalue weighted by Crippen LogP contribution is 2.31. The van der Waals surface area contributed by atoms with Crippen LogP contribution >= 0.6 is 0 Å². The molecule has 2 amide bonds. The summed E-state index contributed by atoms with van der Waals surface area (Å²) >= 11 is 0. The van der Waals surface area contributed by atoms with Gasteiger partial charge in [0.1, 0.15) is 11.3 Å². The van der Waals surface area contributed by atoms with E-state index in [1.807, 2.05) is 24.3 Å². The van der Waals surface area contributed by atoms with Crippen molar-refractivity contribution >= 4 is 40.1 Å². The van der Waals surface area contributed by atoms with E-state index in [4.69, 9.17) is 9.15 Å². The Hall–Kier alpha value is -3.61. The molecule has 7 heteroatoms. The molecule has 0 saturated heterocycles. The molecule has 0 aliphatic rings. The fraction of sp³-hybridized carbons (Fsp3) is 0.261. The number of ether oxygens (including phenoxy) is 1. The highest BCUT2D eigenvalue weighted by atomic mass is 16.5. The number of fused-ring (bicyclic) bond motifs is 1. The summed E-state index contributed by atoms with van der Waals surface area (Å²) in [5, 5.41) is 6.11.